The van der Waals surface area contributed by atoms with Gasteiger partial charge in [-0.3, -0.25) is 4.98 Å². The van der Waals surface area contributed by atoms with Crippen LogP contribution >= 0.6 is 12.2 Å². The van der Waals surface area contributed by atoms with Crippen LogP contribution in [-0.2, 0) is 10.2 Å². The van der Waals surface area contributed by atoms with Gasteiger partial charge in [0.05, 0.1) is 16.0 Å². The summed E-state index contributed by atoms with van der Waals surface area (Å²) in [5, 5.41) is 3.14. The summed E-state index contributed by atoms with van der Waals surface area (Å²) >= 11 is 5.69. The van der Waals surface area contributed by atoms with E-state index < -0.39 is 5.41 Å². The van der Waals surface area contributed by atoms with Gasteiger partial charge in [0, 0.05) is 19.4 Å². The van der Waals surface area contributed by atoms with Crippen molar-refractivity contribution in [3.63, 3.8) is 0 Å². The molecule has 0 spiro atoms. The number of rotatable bonds is 4. The summed E-state index contributed by atoms with van der Waals surface area (Å²) in [6, 6.07) is 13.0. The summed E-state index contributed by atoms with van der Waals surface area (Å²) < 4.78 is 5.98. The van der Waals surface area contributed by atoms with Crippen molar-refractivity contribution in [2.24, 2.45) is 0 Å². The number of benzene rings is 1. The molecule has 1 aliphatic carbocycles. The average molecular weight is 354 g/mol. The van der Waals surface area contributed by atoms with Crippen molar-refractivity contribution in [2.45, 2.75) is 37.2 Å². The molecule has 1 aromatic heterocycles. The highest BCUT2D eigenvalue weighted by Crippen LogP contribution is 2.42. The third-order valence-corrected chi connectivity index (χ3v) is 5.49. The molecular formula is C20H22N2O2S. The lowest BCUT2D eigenvalue weighted by atomic mass is 9.67. The Labute approximate surface area is 153 Å². The Morgan fingerprint density at radius 3 is 2.60 bits per heavy atom. The normalized spacial score (nSPS) is 22.8. The van der Waals surface area contributed by atoms with Crippen LogP contribution in [0.15, 0.2) is 54.9 Å². The van der Waals surface area contributed by atoms with Crippen LogP contribution in [0.2, 0.25) is 0 Å². The fraction of sp³-hybridized carbons (Fsp3) is 0.350. The van der Waals surface area contributed by atoms with E-state index in [0.717, 1.165) is 31.2 Å². The minimum atomic E-state index is -0.504. The highest BCUT2D eigenvalue weighted by molar-refractivity contribution is 7.80. The summed E-state index contributed by atoms with van der Waals surface area (Å²) in [4.78, 5) is 17.5. The van der Waals surface area contributed by atoms with Crippen molar-refractivity contribution in [1.29, 1.82) is 0 Å². The largest absolute Gasteiger partial charge is 0.457 e. The summed E-state index contributed by atoms with van der Waals surface area (Å²) in [7, 11) is 1.83. The molecule has 0 amide bonds. The molecule has 1 N–H and O–H groups in total. The number of thiocarbonyl (C=S) groups is 1. The third kappa shape index (κ3) is 3.42. The molecule has 0 radical (unpaired) electrons. The molecule has 1 heterocycles. The smallest absolute Gasteiger partial charge is 0.338 e. The minimum absolute atomic E-state index is 0.295. The van der Waals surface area contributed by atoms with Gasteiger partial charge in [0.25, 0.3) is 0 Å². The molecule has 1 aliphatic rings. The van der Waals surface area contributed by atoms with Gasteiger partial charge < -0.3 is 10.1 Å². The zero-order valence-corrected chi connectivity index (χ0v) is 15.1. The lowest BCUT2D eigenvalue weighted by Crippen LogP contribution is -2.53. The first-order chi connectivity index (χ1) is 12.2. The number of pyridine rings is 1. The van der Waals surface area contributed by atoms with Gasteiger partial charge in [0.1, 0.15) is 6.10 Å². The topological polar surface area (TPSA) is 51.2 Å². The maximum absolute atomic E-state index is 12.6. The van der Waals surface area contributed by atoms with Crippen LogP contribution in [0.3, 0.4) is 0 Å². The minimum Gasteiger partial charge on any atom is -0.457 e. The van der Waals surface area contributed by atoms with Gasteiger partial charge in [-0.15, -0.1) is 0 Å². The van der Waals surface area contributed by atoms with E-state index in [9.17, 15) is 4.79 Å². The number of likely N-dealkylation sites (N-methyl/N-ethyl adjacent to an activating group) is 1. The SMILES string of the molecule is CNC(=S)C1(c2ccncc2)CCCCC1OC(=O)c1ccccc1. The van der Waals surface area contributed by atoms with Gasteiger partial charge in [-0.05, 0) is 49.1 Å². The fourth-order valence-corrected chi connectivity index (χ4v) is 4.02. The molecule has 1 saturated carbocycles. The monoisotopic (exact) mass is 354 g/mol. The Balaban J connectivity index is 1.97. The van der Waals surface area contributed by atoms with Crippen LogP contribution < -0.4 is 5.32 Å². The molecule has 4 nitrogen and oxygen atoms in total. The van der Waals surface area contributed by atoms with Crippen molar-refractivity contribution >= 4 is 23.2 Å². The van der Waals surface area contributed by atoms with E-state index >= 15 is 0 Å². The Bertz CT molecular complexity index is 736. The highest BCUT2D eigenvalue weighted by atomic mass is 32.1. The van der Waals surface area contributed by atoms with Crippen LogP contribution in [0.25, 0.3) is 0 Å². The first-order valence-corrected chi connectivity index (χ1v) is 8.98. The number of carbonyl (C=O) groups excluding carboxylic acids is 1. The Kier molecular flexibility index (Phi) is 5.43. The second-order valence-corrected chi connectivity index (χ2v) is 6.70. The van der Waals surface area contributed by atoms with E-state index in [1.54, 1.807) is 24.5 Å². The van der Waals surface area contributed by atoms with Crippen LogP contribution in [0, 0.1) is 0 Å². The maximum atomic E-state index is 12.6. The molecular weight excluding hydrogens is 332 g/mol. The molecule has 1 fully saturated rings. The predicted molar refractivity (Wildman–Crippen MR) is 102 cm³/mol. The van der Waals surface area contributed by atoms with Crippen molar-refractivity contribution in [1.82, 2.24) is 10.3 Å². The van der Waals surface area contributed by atoms with Gasteiger partial charge in [0.2, 0.25) is 0 Å². The number of ether oxygens (including phenoxy) is 1. The van der Waals surface area contributed by atoms with E-state index in [0.29, 0.717) is 10.6 Å². The fourth-order valence-electron chi connectivity index (χ4n) is 3.67. The van der Waals surface area contributed by atoms with Crippen LogP contribution in [0.1, 0.15) is 41.6 Å². The molecule has 130 valence electrons. The number of nitrogens with zero attached hydrogens (tertiary/aromatic N) is 1. The molecule has 3 rings (SSSR count). The third-order valence-electron chi connectivity index (χ3n) is 4.92. The van der Waals surface area contributed by atoms with Gasteiger partial charge >= 0.3 is 5.97 Å². The van der Waals surface area contributed by atoms with E-state index in [1.807, 2.05) is 37.4 Å². The van der Waals surface area contributed by atoms with Crippen LogP contribution in [0.4, 0.5) is 0 Å². The first kappa shape index (κ1) is 17.5. The van der Waals surface area contributed by atoms with Crippen molar-refractivity contribution < 1.29 is 9.53 Å². The summed E-state index contributed by atoms with van der Waals surface area (Å²) in [5.74, 6) is -0.301. The number of carbonyl (C=O) groups is 1. The summed E-state index contributed by atoms with van der Waals surface area (Å²) in [6.07, 6.45) is 6.94. The lowest BCUT2D eigenvalue weighted by Gasteiger charge is -2.44. The molecule has 1 aromatic carbocycles. The first-order valence-electron chi connectivity index (χ1n) is 8.57. The summed E-state index contributed by atoms with van der Waals surface area (Å²) in [5.41, 5.74) is 1.11. The lowest BCUT2D eigenvalue weighted by molar-refractivity contribution is 0.00435. The molecule has 2 aromatic rings. The second kappa shape index (κ2) is 7.74. The summed E-state index contributed by atoms with van der Waals surface area (Å²) in [6.45, 7) is 0. The van der Waals surface area contributed by atoms with E-state index in [-0.39, 0.29) is 12.1 Å². The second-order valence-electron chi connectivity index (χ2n) is 6.29. The molecule has 2 unspecified atom stereocenters. The van der Waals surface area contributed by atoms with Gasteiger partial charge in [0.15, 0.2) is 0 Å². The zero-order chi connectivity index (χ0) is 17.7. The van der Waals surface area contributed by atoms with Crippen molar-refractivity contribution in [3.05, 3.63) is 66.0 Å². The molecule has 0 aliphatic heterocycles. The molecule has 25 heavy (non-hydrogen) atoms. The quantitative estimate of drug-likeness (QED) is 0.671. The molecule has 0 saturated heterocycles. The highest BCUT2D eigenvalue weighted by Gasteiger charge is 2.48. The predicted octanol–water partition coefficient (Wildman–Crippen LogP) is 3.67. The Morgan fingerprint density at radius 2 is 1.92 bits per heavy atom. The van der Waals surface area contributed by atoms with Gasteiger partial charge in [-0.1, -0.05) is 36.8 Å². The Morgan fingerprint density at radius 1 is 1.20 bits per heavy atom. The maximum Gasteiger partial charge on any atom is 0.338 e. The molecule has 0 bridgehead atoms. The molecule has 5 heteroatoms. The van der Waals surface area contributed by atoms with Crippen molar-refractivity contribution in [3.8, 4) is 0 Å². The van der Waals surface area contributed by atoms with Gasteiger partial charge in [-0.25, -0.2) is 4.79 Å². The van der Waals surface area contributed by atoms with Crippen LogP contribution in [-0.4, -0.2) is 29.1 Å². The van der Waals surface area contributed by atoms with Crippen molar-refractivity contribution in [2.75, 3.05) is 7.05 Å². The number of esters is 1. The Hall–Kier alpha value is -2.27. The van der Waals surface area contributed by atoms with E-state index in [4.69, 9.17) is 17.0 Å². The number of aromatic nitrogens is 1. The van der Waals surface area contributed by atoms with E-state index in [2.05, 4.69) is 10.3 Å². The molecule has 2 atom stereocenters. The average Bonchev–Trinajstić information content (AvgIpc) is 2.69. The zero-order valence-electron chi connectivity index (χ0n) is 14.3. The van der Waals surface area contributed by atoms with Gasteiger partial charge in [-0.2, -0.15) is 0 Å². The number of nitrogens with one attached hydrogen (secondary N) is 1. The number of hydrogen-bond donors (Lipinski definition) is 1. The van der Waals surface area contributed by atoms with Crippen LogP contribution in [0.5, 0.6) is 0 Å². The van der Waals surface area contributed by atoms with E-state index in [1.165, 1.54) is 0 Å². The standard InChI is InChI=1S/C20H22N2O2S/c1-21-19(25)20(16-10-13-22-14-11-16)12-6-5-9-17(20)24-18(23)15-7-3-2-4-8-15/h2-4,7-8,10-11,13-14,17H,5-6,9,12H2,1H3,(H,21,25). The number of hydrogen-bond acceptors (Lipinski definition) is 4.